The van der Waals surface area contributed by atoms with Crippen LogP contribution in [-0.4, -0.2) is 37.7 Å². The van der Waals surface area contributed by atoms with Gasteiger partial charge in [0.2, 0.25) is 0 Å². The van der Waals surface area contributed by atoms with E-state index in [4.69, 9.17) is 4.74 Å². The molecule has 0 saturated heterocycles. The molecule has 1 aromatic carbocycles. The van der Waals surface area contributed by atoms with Gasteiger partial charge in [0.1, 0.15) is 17.1 Å². The third kappa shape index (κ3) is 2.05. The van der Waals surface area contributed by atoms with E-state index in [0.717, 1.165) is 24.0 Å². The van der Waals surface area contributed by atoms with Gasteiger partial charge in [-0.15, -0.1) is 0 Å². The number of ether oxygens (including phenoxy) is 1. The number of aliphatic hydroxyl groups excluding tert-OH is 1. The number of hydrogen-bond donors (Lipinski definition) is 4. The lowest BCUT2D eigenvalue weighted by Crippen LogP contribution is -2.74. The third-order valence-corrected chi connectivity index (χ3v) is 5.38. The first kappa shape index (κ1) is 17.3. The third-order valence-electron chi connectivity index (χ3n) is 5.38. The summed E-state index contributed by atoms with van der Waals surface area (Å²) >= 11 is 0. The molecule has 0 fully saturated rings. The predicted octanol–water partition coefficient (Wildman–Crippen LogP) is 2.15. The highest BCUT2D eigenvalue weighted by atomic mass is 16.5. The van der Waals surface area contributed by atoms with Crippen LogP contribution in [0.4, 0.5) is 0 Å². The zero-order valence-corrected chi connectivity index (χ0v) is 14.6. The van der Waals surface area contributed by atoms with Crippen molar-refractivity contribution in [3.05, 3.63) is 34.9 Å². The molecule has 0 spiro atoms. The molecule has 132 valence electrons. The van der Waals surface area contributed by atoms with E-state index in [0.29, 0.717) is 5.75 Å². The van der Waals surface area contributed by atoms with Crippen LogP contribution in [0.2, 0.25) is 0 Å². The molecule has 4 N–H and O–H groups in total. The molecule has 1 aliphatic heterocycles. The maximum atomic E-state index is 11.5. The lowest BCUT2D eigenvalue weighted by molar-refractivity contribution is -0.272. The van der Waals surface area contributed by atoms with Crippen LogP contribution in [0.3, 0.4) is 0 Å². The maximum absolute atomic E-state index is 11.5. The minimum Gasteiger partial charge on any atom is -0.507 e. The quantitative estimate of drug-likeness (QED) is 0.622. The molecule has 3 unspecified atom stereocenters. The largest absolute Gasteiger partial charge is 0.507 e. The Hall–Kier alpha value is -1.56. The fourth-order valence-corrected chi connectivity index (χ4v) is 4.26. The van der Waals surface area contributed by atoms with Crippen molar-refractivity contribution in [1.82, 2.24) is 0 Å². The van der Waals surface area contributed by atoms with E-state index in [2.05, 4.69) is 0 Å². The van der Waals surface area contributed by atoms with Crippen LogP contribution in [0.1, 0.15) is 51.7 Å². The average Bonchev–Trinajstić information content (AvgIpc) is 2.42. The van der Waals surface area contributed by atoms with Crippen LogP contribution >= 0.6 is 0 Å². The Morgan fingerprint density at radius 1 is 1.25 bits per heavy atom. The van der Waals surface area contributed by atoms with Crippen molar-refractivity contribution >= 4 is 0 Å². The Morgan fingerprint density at radius 3 is 2.54 bits per heavy atom. The molecule has 2 aliphatic rings. The Bertz CT molecular complexity index is 708. The molecular weight excluding hydrogens is 308 g/mol. The predicted molar refractivity (Wildman–Crippen MR) is 90.0 cm³/mol. The van der Waals surface area contributed by atoms with Gasteiger partial charge in [0.05, 0.1) is 11.7 Å². The summed E-state index contributed by atoms with van der Waals surface area (Å²) in [5.74, 6) is 0.208. The molecule has 5 nitrogen and oxygen atoms in total. The normalized spacial score (nSPS) is 34.0. The fraction of sp³-hybridized carbons (Fsp3) is 0.579. The van der Waals surface area contributed by atoms with E-state index >= 15 is 0 Å². The van der Waals surface area contributed by atoms with Crippen molar-refractivity contribution in [3.63, 3.8) is 0 Å². The number of fused-ring (bicyclic) bond motifs is 3. The van der Waals surface area contributed by atoms with Gasteiger partial charge in [-0.05, 0) is 57.4 Å². The summed E-state index contributed by atoms with van der Waals surface area (Å²) in [4.78, 5) is 0. The summed E-state index contributed by atoms with van der Waals surface area (Å²) in [5.41, 5.74) is -3.40. The van der Waals surface area contributed by atoms with Gasteiger partial charge in [-0.1, -0.05) is 18.9 Å². The fourth-order valence-electron chi connectivity index (χ4n) is 4.26. The van der Waals surface area contributed by atoms with E-state index in [1.807, 2.05) is 6.92 Å². The zero-order chi connectivity index (χ0) is 17.9. The standard InChI is InChI=1S/C19H26O5/c1-5-6-12-8-13(20)16-14(9-12)24-17(3,4)19(23)15(21)7-11(2)10-18(16,19)22/h8-10,15,20-23H,5-7H2,1-4H3. The lowest BCUT2D eigenvalue weighted by Gasteiger charge is -2.58. The first-order valence-electron chi connectivity index (χ1n) is 8.43. The van der Waals surface area contributed by atoms with Gasteiger partial charge in [0.15, 0.2) is 11.2 Å². The molecule has 1 aromatic rings. The van der Waals surface area contributed by atoms with Crippen molar-refractivity contribution in [1.29, 1.82) is 0 Å². The number of benzene rings is 1. The Labute approximate surface area is 142 Å². The number of rotatable bonds is 2. The monoisotopic (exact) mass is 334 g/mol. The van der Waals surface area contributed by atoms with Crippen LogP contribution in [0.5, 0.6) is 11.5 Å². The molecular formula is C19H26O5. The van der Waals surface area contributed by atoms with Gasteiger partial charge in [-0.2, -0.15) is 0 Å². The van der Waals surface area contributed by atoms with Crippen molar-refractivity contribution in [2.75, 3.05) is 0 Å². The summed E-state index contributed by atoms with van der Waals surface area (Å²) in [5, 5.41) is 43.9. The molecule has 1 heterocycles. The van der Waals surface area contributed by atoms with Crippen LogP contribution in [-0.2, 0) is 12.0 Å². The van der Waals surface area contributed by atoms with Crippen molar-refractivity contribution in [2.24, 2.45) is 0 Å². The van der Waals surface area contributed by atoms with Crippen LogP contribution in [0.15, 0.2) is 23.8 Å². The summed E-state index contributed by atoms with van der Waals surface area (Å²) in [6, 6.07) is 3.38. The smallest absolute Gasteiger partial charge is 0.166 e. The average molecular weight is 334 g/mol. The number of aromatic hydroxyl groups is 1. The number of phenolic OH excluding ortho intramolecular Hbond substituents is 1. The first-order chi connectivity index (χ1) is 11.1. The minimum absolute atomic E-state index is 0.113. The maximum Gasteiger partial charge on any atom is 0.166 e. The first-order valence-corrected chi connectivity index (χ1v) is 8.43. The highest BCUT2D eigenvalue weighted by Crippen LogP contribution is 2.58. The van der Waals surface area contributed by atoms with Gasteiger partial charge in [0, 0.05) is 0 Å². The zero-order valence-electron chi connectivity index (χ0n) is 14.6. The van der Waals surface area contributed by atoms with Gasteiger partial charge in [-0.3, -0.25) is 0 Å². The molecule has 0 saturated carbocycles. The summed E-state index contributed by atoms with van der Waals surface area (Å²) < 4.78 is 5.97. The van der Waals surface area contributed by atoms with Crippen LogP contribution in [0.25, 0.3) is 0 Å². The molecule has 0 bridgehead atoms. The molecule has 5 heteroatoms. The van der Waals surface area contributed by atoms with E-state index in [-0.39, 0.29) is 17.7 Å². The molecule has 3 atom stereocenters. The van der Waals surface area contributed by atoms with E-state index in [9.17, 15) is 20.4 Å². The topological polar surface area (TPSA) is 90.2 Å². The SMILES string of the molecule is CCCc1cc(O)c2c(c1)OC(C)(C)C1(O)C(O)CC(C)=CC21O. The van der Waals surface area contributed by atoms with Gasteiger partial charge in [0.25, 0.3) is 0 Å². The Kier molecular flexibility index (Phi) is 3.75. The summed E-state index contributed by atoms with van der Waals surface area (Å²) in [6.45, 7) is 7.10. The molecule has 0 amide bonds. The van der Waals surface area contributed by atoms with Crippen molar-refractivity contribution in [2.45, 2.75) is 69.9 Å². The van der Waals surface area contributed by atoms with E-state index in [1.165, 1.54) is 6.08 Å². The molecule has 24 heavy (non-hydrogen) atoms. The Morgan fingerprint density at radius 2 is 1.92 bits per heavy atom. The molecule has 0 aromatic heterocycles. The van der Waals surface area contributed by atoms with Gasteiger partial charge < -0.3 is 25.2 Å². The van der Waals surface area contributed by atoms with E-state index in [1.54, 1.807) is 32.9 Å². The second kappa shape index (κ2) is 5.22. The minimum atomic E-state index is -1.98. The number of hydrogen-bond acceptors (Lipinski definition) is 5. The number of phenols is 1. The highest BCUT2D eigenvalue weighted by Gasteiger charge is 2.69. The van der Waals surface area contributed by atoms with E-state index < -0.39 is 22.9 Å². The number of aliphatic hydroxyl groups is 3. The van der Waals surface area contributed by atoms with Crippen molar-refractivity contribution in [3.8, 4) is 11.5 Å². The van der Waals surface area contributed by atoms with Crippen molar-refractivity contribution < 1.29 is 25.2 Å². The second-order valence-electron chi connectivity index (χ2n) is 7.59. The highest BCUT2D eigenvalue weighted by molar-refractivity contribution is 5.58. The Balaban J connectivity index is 2.32. The summed E-state index contributed by atoms with van der Waals surface area (Å²) in [6.07, 6.45) is 2.22. The molecule has 3 rings (SSSR count). The number of aryl methyl sites for hydroxylation is 1. The van der Waals surface area contributed by atoms with Gasteiger partial charge in [-0.25, -0.2) is 0 Å². The lowest BCUT2D eigenvalue weighted by atomic mass is 9.60. The summed E-state index contributed by atoms with van der Waals surface area (Å²) in [7, 11) is 0. The molecule has 1 aliphatic carbocycles. The van der Waals surface area contributed by atoms with Crippen LogP contribution in [0, 0.1) is 0 Å². The second-order valence-corrected chi connectivity index (χ2v) is 7.59. The van der Waals surface area contributed by atoms with Crippen LogP contribution < -0.4 is 4.74 Å². The molecule has 0 radical (unpaired) electrons. The van der Waals surface area contributed by atoms with Gasteiger partial charge >= 0.3 is 0 Å².